The van der Waals surface area contributed by atoms with Gasteiger partial charge in [0, 0.05) is 13.6 Å². The molecular formula is C15H15N3O2S. The van der Waals surface area contributed by atoms with E-state index in [4.69, 9.17) is 10.4 Å². The van der Waals surface area contributed by atoms with E-state index < -0.39 is 10.0 Å². The van der Waals surface area contributed by atoms with Crippen LogP contribution in [0.15, 0.2) is 53.4 Å². The van der Waals surface area contributed by atoms with Gasteiger partial charge in [-0.3, -0.25) is 0 Å². The number of nitrogens with two attached hydrogens (primary N) is 1. The molecule has 2 aromatic carbocycles. The average molecular weight is 301 g/mol. The summed E-state index contributed by atoms with van der Waals surface area (Å²) < 4.78 is 23.4. The van der Waals surface area contributed by atoms with Gasteiger partial charge in [0.05, 0.1) is 17.3 Å². The van der Waals surface area contributed by atoms with Crippen LogP contribution in [0.4, 0.5) is 5.69 Å². The molecule has 0 aliphatic carbocycles. The summed E-state index contributed by atoms with van der Waals surface area (Å²) in [4.78, 5) is 1.75. The minimum atomic E-state index is -3.90. The van der Waals surface area contributed by atoms with E-state index in [2.05, 4.69) is 0 Å². The summed E-state index contributed by atoms with van der Waals surface area (Å²) in [5.41, 5.74) is 1.78. The first kappa shape index (κ1) is 15.0. The minimum absolute atomic E-state index is 0.0417. The van der Waals surface area contributed by atoms with E-state index in [1.165, 1.54) is 6.07 Å². The maximum atomic E-state index is 11.7. The smallest absolute Gasteiger partial charge is 0.240 e. The van der Waals surface area contributed by atoms with E-state index in [-0.39, 0.29) is 10.5 Å². The molecule has 0 aliphatic heterocycles. The Kier molecular flexibility index (Phi) is 4.26. The van der Waals surface area contributed by atoms with Gasteiger partial charge in [-0.2, -0.15) is 5.26 Å². The van der Waals surface area contributed by atoms with Gasteiger partial charge in [-0.05, 0) is 23.8 Å². The summed E-state index contributed by atoms with van der Waals surface area (Å²) in [6, 6.07) is 16.1. The fraction of sp³-hybridized carbons (Fsp3) is 0.133. The van der Waals surface area contributed by atoms with Crippen molar-refractivity contribution in [1.29, 1.82) is 5.26 Å². The predicted octanol–water partition coefficient (Wildman–Crippen LogP) is 1.84. The van der Waals surface area contributed by atoms with E-state index >= 15 is 0 Å². The zero-order chi connectivity index (χ0) is 15.5. The van der Waals surface area contributed by atoms with Gasteiger partial charge in [-0.15, -0.1) is 0 Å². The van der Waals surface area contributed by atoms with Gasteiger partial charge in [-0.1, -0.05) is 30.3 Å². The fourth-order valence-electron chi connectivity index (χ4n) is 2.07. The third-order valence-electron chi connectivity index (χ3n) is 3.07. The highest BCUT2D eigenvalue weighted by Crippen LogP contribution is 2.25. The molecule has 0 spiro atoms. The van der Waals surface area contributed by atoms with Crippen LogP contribution in [0.2, 0.25) is 0 Å². The first-order chi connectivity index (χ1) is 9.91. The summed E-state index contributed by atoms with van der Waals surface area (Å²) in [6.07, 6.45) is 0. The Morgan fingerprint density at radius 2 is 1.86 bits per heavy atom. The summed E-state index contributed by atoms with van der Waals surface area (Å²) >= 11 is 0. The Morgan fingerprint density at radius 1 is 1.19 bits per heavy atom. The number of anilines is 1. The van der Waals surface area contributed by atoms with Gasteiger partial charge in [-0.25, -0.2) is 13.6 Å². The molecule has 108 valence electrons. The lowest BCUT2D eigenvalue weighted by Crippen LogP contribution is -2.22. The van der Waals surface area contributed by atoms with Crippen molar-refractivity contribution in [3.8, 4) is 6.07 Å². The number of nitrogens with zero attached hydrogens (tertiary/aromatic N) is 2. The molecule has 0 radical (unpaired) electrons. The molecule has 0 aliphatic rings. The van der Waals surface area contributed by atoms with Gasteiger partial charge in [0.15, 0.2) is 0 Å². The quantitative estimate of drug-likeness (QED) is 0.933. The molecule has 0 saturated carbocycles. The Bertz CT molecular complexity index is 780. The second-order valence-electron chi connectivity index (χ2n) is 4.68. The van der Waals surface area contributed by atoms with Crippen molar-refractivity contribution >= 4 is 15.7 Å². The predicted molar refractivity (Wildman–Crippen MR) is 81.1 cm³/mol. The molecule has 0 fully saturated rings. The molecule has 6 heteroatoms. The lowest BCUT2D eigenvalue weighted by atomic mass is 10.2. The van der Waals surface area contributed by atoms with Crippen LogP contribution in [0.1, 0.15) is 11.1 Å². The monoisotopic (exact) mass is 301 g/mol. The van der Waals surface area contributed by atoms with Crippen LogP contribution in [0.3, 0.4) is 0 Å². The first-order valence-corrected chi connectivity index (χ1v) is 7.78. The molecule has 0 unspecified atom stereocenters. The van der Waals surface area contributed by atoms with E-state index in [0.717, 1.165) is 5.56 Å². The number of rotatable bonds is 4. The van der Waals surface area contributed by atoms with Crippen molar-refractivity contribution in [3.05, 3.63) is 59.7 Å². The van der Waals surface area contributed by atoms with Crippen molar-refractivity contribution in [3.63, 3.8) is 0 Å². The lowest BCUT2D eigenvalue weighted by Gasteiger charge is -2.22. The van der Waals surface area contributed by atoms with Crippen LogP contribution >= 0.6 is 0 Å². The van der Waals surface area contributed by atoms with E-state index in [1.54, 1.807) is 24.1 Å². The molecule has 21 heavy (non-hydrogen) atoms. The molecule has 2 rings (SSSR count). The molecule has 0 aromatic heterocycles. The molecular weight excluding hydrogens is 286 g/mol. The van der Waals surface area contributed by atoms with Crippen LogP contribution in [0.5, 0.6) is 0 Å². The first-order valence-electron chi connectivity index (χ1n) is 6.24. The van der Waals surface area contributed by atoms with Gasteiger partial charge in [0.1, 0.15) is 4.90 Å². The highest BCUT2D eigenvalue weighted by atomic mass is 32.2. The van der Waals surface area contributed by atoms with Crippen molar-refractivity contribution in [2.45, 2.75) is 11.4 Å². The Hall–Kier alpha value is -2.36. The molecule has 0 saturated heterocycles. The molecule has 2 N–H and O–H groups in total. The number of nitriles is 1. The molecule has 0 amide bonds. The average Bonchev–Trinajstić information content (AvgIpc) is 2.46. The van der Waals surface area contributed by atoms with Crippen LogP contribution in [0, 0.1) is 11.3 Å². The van der Waals surface area contributed by atoms with Gasteiger partial charge < -0.3 is 4.90 Å². The SMILES string of the molecule is CN(Cc1ccccc1)c1ccc(C#N)cc1S(N)(=O)=O. The van der Waals surface area contributed by atoms with E-state index in [1.807, 2.05) is 36.4 Å². The van der Waals surface area contributed by atoms with Crippen molar-refractivity contribution in [2.24, 2.45) is 5.14 Å². The minimum Gasteiger partial charge on any atom is -0.369 e. The Labute approximate surface area is 124 Å². The van der Waals surface area contributed by atoms with Crippen molar-refractivity contribution in [1.82, 2.24) is 0 Å². The highest BCUT2D eigenvalue weighted by Gasteiger charge is 2.17. The largest absolute Gasteiger partial charge is 0.369 e. The second-order valence-corrected chi connectivity index (χ2v) is 6.21. The zero-order valence-corrected chi connectivity index (χ0v) is 12.3. The summed E-state index contributed by atoms with van der Waals surface area (Å²) in [5, 5.41) is 14.1. The number of hydrogen-bond donors (Lipinski definition) is 1. The summed E-state index contributed by atoms with van der Waals surface area (Å²) in [7, 11) is -2.12. The van der Waals surface area contributed by atoms with Crippen LogP contribution in [0.25, 0.3) is 0 Å². The second kappa shape index (κ2) is 5.95. The third kappa shape index (κ3) is 3.60. The summed E-state index contributed by atoms with van der Waals surface area (Å²) in [5.74, 6) is 0. The van der Waals surface area contributed by atoms with Crippen LogP contribution in [-0.2, 0) is 16.6 Å². The third-order valence-corrected chi connectivity index (χ3v) is 4.01. The highest BCUT2D eigenvalue weighted by molar-refractivity contribution is 7.89. The molecule has 2 aromatic rings. The summed E-state index contributed by atoms with van der Waals surface area (Å²) in [6.45, 7) is 0.537. The molecule has 0 bridgehead atoms. The van der Waals surface area contributed by atoms with Crippen LogP contribution < -0.4 is 10.0 Å². The maximum Gasteiger partial charge on any atom is 0.240 e. The van der Waals surface area contributed by atoms with Gasteiger partial charge in [0.25, 0.3) is 0 Å². The maximum absolute atomic E-state index is 11.7. The molecule has 0 atom stereocenters. The zero-order valence-electron chi connectivity index (χ0n) is 11.5. The van der Waals surface area contributed by atoms with Gasteiger partial charge in [0.2, 0.25) is 10.0 Å². The van der Waals surface area contributed by atoms with E-state index in [0.29, 0.717) is 12.2 Å². The molecule has 0 heterocycles. The van der Waals surface area contributed by atoms with Crippen molar-refractivity contribution < 1.29 is 8.42 Å². The normalized spacial score (nSPS) is 10.9. The Balaban J connectivity index is 2.42. The van der Waals surface area contributed by atoms with Crippen molar-refractivity contribution in [2.75, 3.05) is 11.9 Å². The standard InChI is InChI=1S/C15H15N3O2S/c1-18(11-12-5-3-2-4-6-12)14-8-7-13(10-16)9-15(14)21(17,19)20/h2-9H,11H2,1H3,(H2,17,19,20). The Morgan fingerprint density at radius 3 is 2.43 bits per heavy atom. The lowest BCUT2D eigenvalue weighted by molar-refractivity contribution is 0.597. The van der Waals surface area contributed by atoms with E-state index in [9.17, 15) is 8.42 Å². The number of primary sulfonamides is 1. The number of hydrogen-bond acceptors (Lipinski definition) is 4. The fourth-order valence-corrected chi connectivity index (χ4v) is 2.88. The number of sulfonamides is 1. The van der Waals surface area contributed by atoms with Crippen LogP contribution in [-0.4, -0.2) is 15.5 Å². The number of benzene rings is 2. The van der Waals surface area contributed by atoms with Gasteiger partial charge >= 0.3 is 0 Å². The topological polar surface area (TPSA) is 87.2 Å². The molecule has 5 nitrogen and oxygen atoms in total.